The van der Waals surface area contributed by atoms with E-state index in [0.29, 0.717) is 6.04 Å². The third-order valence-electron chi connectivity index (χ3n) is 3.86. The summed E-state index contributed by atoms with van der Waals surface area (Å²) in [5, 5.41) is 7.90. The van der Waals surface area contributed by atoms with Crippen LogP contribution in [0, 0.1) is 0 Å². The molecule has 21 heavy (non-hydrogen) atoms. The van der Waals surface area contributed by atoms with E-state index in [4.69, 9.17) is 0 Å². The Balaban J connectivity index is 1.69. The van der Waals surface area contributed by atoms with E-state index >= 15 is 0 Å². The Hall–Kier alpha value is -1.23. The van der Waals surface area contributed by atoms with Gasteiger partial charge in [0, 0.05) is 29.1 Å². The lowest BCUT2D eigenvalue weighted by atomic mass is 9.91. The van der Waals surface area contributed by atoms with E-state index in [1.54, 1.807) is 11.3 Å². The number of rotatable bonds is 5. The van der Waals surface area contributed by atoms with Gasteiger partial charge in [-0.2, -0.15) is 0 Å². The lowest BCUT2D eigenvalue weighted by Crippen LogP contribution is -2.33. The molecular weight excluding hydrogens is 296 g/mol. The first-order chi connectivity index (χ1) is 10.1. The van der Waals surface area contributed by atoms with Gasteiger partial charge in [0.1, 0.15) is 0 Å². The highest BCUT2D eigenvalue weighted by molar-refractivity contribution is 7.17. The number of aromatic nitrogens is 1. The summed E-state index contributed by atoms with van der Waals surface area (Å²) < 4.78 is 1.26. The van der Waals surface area contributed by atoms with Crippen LogP contribution in [-0.2, 0) is 5.41 Å². The molecule has 0 saturated heterocycles. The Morgan fingerprint density at radius 1 is 1.24 bits per heavy atom. The van der Waals surface area contributed by atoms with Crippen LogP contribution in [0.1, 0.15) is 37.3 Å². The molecule has 0 saturated carbocycles. The first-order valence-corrected chi connectivity index (χ1v) is 8.93. The van der Waals surface area contributed by atoms with E-state index in [9.17, 15) is 0 Å². The maximum absolute atomic E-state index is 4.53. The molecule has 0 radical (unpaired) electrons. The Kier molecular flexibility index (Phi) is 4.11. The van der Waals surface area contributed by atoms with Crippen molar-refractivity contribution in [2.24, 2.45) is 0 Å². The summed E-state index contributed by atoms with van der Waals surface area (Å²) in [6, 6.07) is 8.98. The van der Waals surface area contributed by atoms with Gasteiger partial charge >= 0.3 is 0 Å². The van der Waals surface area contributed by atoms with Crippen LogP contribution < -0.4 is 5.32 Å². The molecule has 110 valence electrons. The van der Waals surface area contributed by atoms with Crippen molar-refractivity contribution < 1.29 is 0 Å². The second-order valence-electron chi connectivity index (χ2n) is 6.04. The van der Waals surface area contributed by atoms with Crippen molar-refractivity contribution >= 4 is 32.9 Å². The van der Waals surface area contributed by atoms with Gasteiger partial charge in [0.25, 0.3) is 0 Å². The highest BCUT2D eigenvalue weighted by atomic mass is 32.1. The maximum atomic E-state index is 4.53. The summed E-state index contributed by atoms with van der Waals surface area (Å²) in [4.78, 5) is 5.95. The van der Waals surface area contributed by atoms with Crippen LogP contribution >= 0.6 is 22.7 Å². The van der Waals surface area contributed by atoms with E-state index in [2.05, 4.69) is 66.1 Å². The van der Waals surface area contributed by atoms with Crippen molar-refractivity contribution in [1.82, 2.24) is 10.3 Å². The largest absolute Gasteiger partial charge is 0.309 e. The zero-order valence-electron chi connectivity index (χ0n) is 12.6. The lowest BCUT2D eigenvalue weighted by molar-refractivity contribution is 0.441. The minimum atomic E-state index is 0.156. The monoisotopic (exact) mass is 316 g/mol. The number of nitrogens with one attached hydrogen (secondary N) is 1. The normalized spacial score (nSPS) is 13.7. The summed E-state index contributed by atoms with van der Waals surface area (Å²) in [6.07, 6.45) is 1.99. The van der Waals surface area contributed by atoms with Gasteiger partial charge < -0.3 is 5.32 Å². The molecule has 3 rings (SSSR count). The maximum Gasteiger partial charge on any atom is 0.0809 e. The Bertz CT molecular complexity index is 713. The van der Waals surface area contributed by atoms with Crippen LogP contribution in [0.4, 0.5) is 0 Å². The molecule has 0 fully saturated rings. The minimum Gasteiger partial charge on any atom is -0.309 e. The van der Waals surface area contributed by atoms with E-state index in [1.165, 1.54) is 15.1 Å². The van der Waals surface area contributed by atoms with Crippen molar-refractivity contribution in [3.8, 4) is 0 Å². The average molecular weight is 316 g/mol. The molecule has 1 unspecified atom stereocenters. The van der Waals surface area contributed by atoms with Gasteiger partial charge in [-0.15, -0.1) is 22.7 Å². The SMILES string of the molecule is CC(NCC(C)(C)c1cccs1)c1cnc2ccsc2c1. The molecule has 0 amide bonds. The highest BCUT2D eigenvalue weighted by Crippen LogP contribution is 2.28. The summed E-state index contributed by atoms with van der Waals surface area (Å²) in [6.45, 7) is 7.75. The van der Waals surface area contributed by atoms with Crippen molar-refractivity contribution in [3.63, 3.8) is 0 Å². The van der Waals surface area contributed by atoms with Gasteiger partial charge in [-0.05, 0) is 41.4 Å². The molecule has 0 spiro atoms. The zero-order chi connectivity index (χ0) is 14.9. The van der Waals surface area contributed by atoms with Crippen molar-refractivity contribution in [2.45, 2.75) is 32.2 Å². The quantitative estimate of drug-likeness (QED) is 0.717. The molecule has 0 aliphatic carbocycles. The van der Waals surface area contributed by atoms with Crippen LogP contribution in [-0.4, -0.2) is 11.5 Å². The molecule has 3 aromatic heterocycles. The van der Waals surface area contributed by atoms with Gasteiger partial charge in [-0.3, -0.25) is 4.98 Å². The Labute approximate surface area is 133 Å². The summed E-state index contributed by atoms with van der Waals surface area (Å²) >= 11 is 3.58. The van der Waals surface area contributed by atoms with Crippen molar-refractivity contribution in [1.29, 1.82) is 0 Å². The molecule has 0 aliphatic heterocycles. The smallest absolute Gasteiger partial charge is 0.0809 e. The summed E-state index contributed by atoms with van der Waals surface area (Å²) in [7, 11) is 0. The Morgan fingerprint density at radius 2 is 2.10 bits per heavy atom. The number of fused-ring (bicyclic) bond motifs is 1. The summed E-state index contributed by atoms with van der Waals surface area (Å²) in [5.41, 5.74) is 2.50. The molecule has 3 aromatic rings. The predicted molar refractivity (Wildman–Crippen MR) is 93.4 cm³/mol. The van der Waals surface area contributed by atoms with Gasteiger partial charge in [0.05, 0.1) is 10.2 Å². The van der Waals surface area contributed by atoms with Crippen LogP contribution in [0.15, 0.2) is 41.2 Å². The second kappa shape index (κ2) is 5.87. The van der Waals surface area contributed by atoms with Crippen molar-refractivity contribution in [2.75, 3.05) is 6.54 Å². The number of nitrogens with zero attached hydrogens (tertiary/aromatic N) is 1. The van der Waals surface area contributed by atoms with Gasteiger partial charge in [-0.25, -0.2) is 0 Å². The fourth-order valence-corrected chi connectivity index (χ4v) is 4.02. The number of hydrogen-bond acceptors (Lipinski definition) is 4. The molecule has 0 aromatic carbocycles. The minimum absolute atomic E-state index is 0.156. The standard InChI is InChI=1S/C17H20N2S2/c1-12(13-9-15-14(18-10-13)6-8-20-15)19-11-17(2,3)16-5-4-7-21-16/h4-10,12,19H,11H2,1-3H3. The highest BCUT2D eigenvalue weighted by Gasteiger charge is 2.22. The number of thiophene rings is 2. The third-order valence-corrected chi connectivity index (χ3v) is 5.95. The first-order valence-electron chi connectivity index (χ1n) is 7.17. The van der Waals surface area contributed by atoms with Crippen molar-refractivity contribution in [3.05, 3.63) is 51.7 Å². The zero-order valence-corrected chi connectivity index (χ0v) is 14.2. The molecule has 4 heteroatoms. The van der Waals surface area contributed by atoms with Gasteiger partial charge in [0.2, 0.25) is 0 Å². The first kappa shape index (κ1) is 14.7. The third kappa shape index (κ3) is 3.18. The molecule has 0 bridgehead atoms. The molecule has 3 heterocycles. The summed E-state index contributed by atoms with van der Waals surface area (Å²) in [5.74, 6) is 0. The van der Waals surface area contributed by atoms with Crippen LogP contribution in [0.5, 0.6) is 0 Å². The molecule has 2 nitrogen and oxygen atoms in total. The molecule has 1 atom stereocenters. The van der Waals surface area contributed by atoms with E-state index in [1.807, 2.05) is 17.5 Å². The topological polar surface area (TPSA) is 24.9 Å². The molecular formula is C17H20N2S2. The Morgan fingerprint density at radius 3 is 2.86 bits per heavy atom. The van der Waals surface area contributed by atoms with E-state index in [-0.39, 0.29) is 5.41 Å². The van der Waals surface area contributed by atoms with E-state index in [0.717, 1.165) is 12.1 Å². The van der Waals surface area contributed by atoms with Crippen LogP contribution in [0.25, 0.3) is 10.2 Å². The predicted octanol–water partition coefficient (Wildman–Crippen LogP) is 4.99. The lowest BCUT2D eigenvalue weighted by Gasteiger charge is -2.26. The molecule has 1 N–H and O–H groups in total. The number of pyridine rings is 1. The second-order valence-corrected chi connectivity index (χ2v) is 7.93. The van der Waals surface area contributed by atoms with Gasteiger partial charge in [-0.1, -0.05) is 19.9 Å². The average Bonchev–Trinajstić information content (AvgIpc) is 3.14. The molecule has 0 aliphatic rings. The fraction of sp³-hybridized carbons (Fsp3) is 0.353. The van der Waals surface area contributed by atoms with Crippen LogP contribution in [0.2, 0.25) is 0 Å². The van der Waals surface area contributed by atoms with E-state index < -0.39 is 0 Å². The fourth-order valence-electron chi connectivity index (χ4n) is 2.38. The number of hydrogen-bond donors (Lipinski definition) is 1. The van der Waals surface area contributed by atoms with Gasteiger partial charge in [0.15, 0.2) is 0 Å². The van der Waals surface area contributed by atoms with Crippen LogP contribution in [0.3, 0.4) is 0 Å².